The Kier molecular flexibility index (Phi) is 5.37. The van der Waals surface area contributed by atoms with E-state index in [0.717, 1.165) is 38.6 Å². The lowest BCUT2D eigenvalue weighted by molar-refractivity contribution is -0.128. The lowest BCUT2D eigenvalue weighted by Crippen LogP contribution is -2.50. The highest BCUT2D eigenvalue weighted by atomic mass is 32.1. The average Bonchev–Trinajstić information content (AvgIpc) is 2.29. The van der Waals surface area contributed by atoms with Crippen molar-refractivity contribution >= 4 is 23.1 Å². The predicted octanol–water partition coefficient (Wildman–Crippen LogP) is 2.39. The maximum absolute atomic E-state index is 12.3. The highest BCUT2D eigenvalue weighted by Gasteiger charge is 2.41. The van der Waals surface area contributed by atoms with Gasteiger partial charge in [-0.15, -0.1) is 0 Å². The molecule has 4 heteroatoms. The molecule has 1 saturated carbocycles. The van der Waals surface area contributed by atoms with Crippen molar-refractivity contribution in [1.82, 2.24) is 5.32 Å². The fourth-order valence-electron chi connectivity index (χ4n) is 2.38. The van der Waals surface area contributed by atoms with Gasteiger partial charge in [0.1, 0.15) is 0 Å². The van der Waals surface area contributed by atoms with E-state index in [2.05, 4.69) is 19.2 Å². The molecule has 0 spiro atoms. The molecule has 0 radical (unpaired) electrons. The zero-order chi connectivity index (χ0) is 12.9. The van der Waals surface area contributed by atoms with Gasteiger partial charge in [-0.2, -0.15) is 0 Å². The molecule has 98 valence electrons. The Morgan fingerprint density at radius 3 is 2.41 bits per heavy atom. The third-order valence-corrected chi connectivity index (χ3v) is 4.01. The molecule has 1 amide bonds. The van der Waals surface area contributed by atoms with Gasteiger partial charge in [0.2, 0.25) is 5.91 Å². The molecule has 1 fully saturated rings. The summed E-state index contributed by atoms with van der Waals surface area (Å²) >= 11 is 5.12. The summed E-state index contributed by atoms with van der Waals surface area (Å²) in [5.41, 5.74) is 5.24. The first-order valence-corrected chi connectivity index (χ1v) is 6.98. The molecule has 0 aromatic rings. The molecule has 0 unspecified atom stereocenters. The van der Waals surface area contributed by atoms with E-state index < -0.39 is 5.41 Å². The topological polar surface area (TPSA) is 55.1 Å². The van der Waals surface area contributed by atoms with Gasteiger partial charge in [-0.05, 0) is 25.2 Å². The third-order valence-electron chi connectivity index (χ3n) is 3.62. The smallest absolute Gasteiger partial charge is 0.233 e. The zero-order valence-electron chi connectivity index (χ0n) is 10.9. The summed E-state index contributed by atoms with van der Waals surface area (Å²) in [4.78, 5) is 12.6. The van der Waals surface area contributed by atoms with E-state index in [1.807, 2.05) is 0 Å². The predicted molar refractivity (Wildman–Crippen MR) is 74.8 cm³/mol. The maximum Gasteiger partial charge on any atom is 0.233 e. The van der Waals surface area contributed by atoms with Gasteiger partial charge >= 0.3 is 0 Å². The van der Waals surface area contributed by atoms with Gasteiger partial charge in [0.15, 0.2) is 0 Å². The van der Waals surface area contributed by atoms with Crippen LogP contribution in [0, 0.1) is 11.3 Å². The Morgan fingerprint density at radius 1 is 1.35 bits per heavy atom. The summed E-state index contributed by atoms with van der Waals surface area (Å²) < 4.78 is 0. The van der Waals surface area contributed by atoms with Crippen LogP contribution in [0.4, 0.5) is 0 Å². The van der Waals surface area contributed by atoms with Gasteiger partial charge in [-0.1, -0.05) is 45.3 Å². The summed E-state index contributed by atoms with van der Waals surface area (Å²) in [6.07, 6.45) is 5.92. The first-order valence-electron chi connectivity index (χ1n) is 6.57. The largest absolute Gasteiger partial charge is 0.392 e. The average molecular weight is 256 g/mol. The number of rotatable bonds is 5. The highest BCUT2D eigenvalue weighted by molar-refractivity contribution is 7.80. The van der Waals surface area contributed by atoms with E-state index in [-0.39, 0.29) is 5.91 Å². The van der Waals surface area contributed by atoms with Crippen molar-refractivity contribution in [3.63, 3.8) is 0 Å². The molecule has 1 aliphatic carbocycles. The second-order valence-electron chi connectivity index (χ2n) is 5.45. The van der Waals surface area contributed by atoms with E-state index in [1.165, 1.54) is 6.42 Å². The molecule has 0 aliphatic heterocycles. The first-order chi connectivity index (χ1) is 7.99. The molecule has 0 aromatic heterocycles. The molecule has 0 heterocycles. The number of carbonyl (C=O) groups is 1. The standard InChI is InChI=1S/C13H24N2OS/c1-10(2)6-9-15-12(16)13(11(14)17)7-4-3-5-8-13/h10H,3-9H2,1-2H3,(H2,14,17)(H,15,16). The van der Waals surface area contributed by atoms with Crippen molar-refractivity contribution in [3.8, 4) is 0 Å². The lowest BCUT2D eigenvalue weighted by atomic mass is 9.73. The fraction of sp³-hybridized carbons (Fsp3) is 0.846. The van der Waals surface area contributed by atoms with Crippen molar-refractivity contribution in [2.75, 3.05) is 6.54 Å². The van der Waals surface area contributed by atoms with Crippen LogP contribution in [-0.4, -0.2) is 17.4 Å². The Labute approximate surface area is 110 Å². The molecule has 3 N–H and O–H groups in total. The molecule has 3 nitrogen and oxygen atoms in total. The van der Waals surface area contributed by atoms with Crippen LogP contribution in [0.1, 0.15) is 52.4 Å². The van der Waals surface area contributed by atoms with Crippen LogP contribution in [0.5, 0.6) is 0 Å². The summed E-state index contributed by atoms with van der Waals surface area (Å²) in [6, 6.07) is 0. The van der Waals surface area contributed by atoms with E-state index in [0.29, 0.717) is 10.9 Å². The molecule has 1 aliphatic rings. The number of amides is 1. The van der Waals surface area contributed by atoms with Crippen LogP contribution in [0.25, 0.3) is 0 Å². The quantitative estimate of drug-likeness (QED) is 0.743. The number of hydrogen-bond acceptors (Lipinski definition) is 2. The summed E-state index contributed by atoms with van der Waals surface area (Å²) in [5, 5.41) is 3.00. The summed E-state index contributed by atoms with van der Waals surface area (Å²) in [7, 11) is 0. The van der Waals surface area contributed by atoms with Crippen LogP contribution in [-0.2, 0) is 4.79 Å². The van der Waals surface area contributed by atoms with Crippen LogP contribution in [0.3, 0.4) is 0 Å². The number of nitrogens with two attached hydrogens (primary N) is 1. The molecule has 0 aromatic carbocycles. The second kappa shape index (κ2) is 6.34. The van der Waals surface area contributed by atoms with Crippen LogP contribution >= 0.6 is 12.2 Å². The SMILES string of the molecule is CC(C)CCNC(=O)C1(C(N)=S)CCCCC1. The minimum Gasteiger partial charge on any atom is -0.392 e. The lowest BCUT2D eigenvalue weighted by Gasteiger charge is -2.34. The van der Waals surface area contributed by atoms with Crippen molar-refractivity contribution in [2.24, 2.45) is 17.1 Å². The molecule has 0 saturated heterocycles. The third kappa shape index (κ3) is 3.66. The molecule has 0 bridgehead atoms. The van der Waals surface area contributed by atoms with Crippen LogP contribution in [0.2, 0.25) is 0 Å². The van der Waals surface area contributed by atoms with Gasteiger partial charge in [-0.3, -0.25) is 4.79 Å². The normalized spacial score (nSPS) is 19.0. The number of hydrogen-bond donors (Lipinski definition) is 2. The van der Waals surface area contributed by atoms with Gasteiger partial charge in [0.25, 0.3) is 0 Å². The zero-order valence-corrected chi connectivity index (χ0v) is 11.7. The van der Waals surface area contributed by atoms with Gasteiger partial charge in [0.05, 0.1) is 10.4 Å². The number of thiocarbonyl (C=S) groups is 1. The van der Waals surface area contributed by atoms with Gasteiger partial charge in [-0.25, -0.2) is 0 Å². The molecular formula is C13H24N2OS. The minimum absolute atomic E-state index is 0.0466. The summed E-state index contributed by atoms with van der Waals surface area (Å²) in [6.45, 7) is 5.02. The van der Waals surface area contributed by atoms with Crippen molar-refractivity contribution in [1.29, 1.82) is 0 Å². The molecule has 0 atom stereocenters. The van der Waals surface area contributed by atoms with E-state index in [1.54, 1.807) is 0 Å². The van der Waals surface area contributed by atoms with Crippen molar-refractivity contribution < 1.29 is 4.79 Å². The van der Waals surface area contributed by atoms with E-state index in [9.17, 15) is 4.79 Å². The number of nitrogens with one attached hydrogen (secondary N) is 1. The van der Waals surface area contributed by atoms with Gasteiger partial charge in [0, 0.05) is 6.54 Å². The Morgan fingerprint density at radius 2 is 1.94 bits per heavy atom. The number of carbonyl (C=O) groups excluding carboxylic acids is 1. The molecule has 17 heavy (non-hydrogen) atoms. The first kappa shape index (κ1) is 14.4. The second-order valence-corrected chi connectivity index (χ2v) is 5.89. The molecular weight excluding hydrogens is 232 g/mol. The fourth-order valence-corrected chi connectivity index (χ4v) is 2.68. The highest BCUT2D eigenvalue weighted by Crippen LogP contribution is 2.36. The van der Waals surface area contributed by atoms with E-state index in [4.69, 9.17) is 18.0 Å². The van der Waals surface area contributed by atoms with Crippen LogP contribution < -0.4 is 11.1 Å². The Bertz CT molecular complexity index is 283. The van der Waals surface area contributed by atoms with Gasteiger partial charge < -0.3 is 11.1 Å². The van der Waals surface area contributed by atoms with E-state index >= 15 is 0 Å². The molecule has 1 rings (SSSR count). The monoisotopic (exact) mass is 256 g/mol. The Hall–Kier alpha value is -0.640. The Balaban J connectivity index is 2.58. The minimum atomic E-state index is -0.565. The van der Waals surface area contributed by atoms with Crippen molar-refractivity contribution in [3.05, 3.63) is 0 Å². The maximum atomic E-state index is 12.3. The van der Waals surface area contributed by atoms with Crippen molar-refractivity contribution in [2.45, 2.75) is 52.4 Å². The summed E-state index contributed by atoms with van der Waals surface area (Å²) in [5.74, 6) is 0.646. The van der Waals surface area contributed by atoms with Crippen LogP contribution in [0.15, 0.2) is 0 Å².